The maximum absolute atomic E-state index is 9.41. The van der Waals surface area contributed by atoms with E-state index in [0.717, 1.165) is 5.52 Å². The highest BCUT2D eigenvalue weighted by atomic mass is 32.2. The first kappa shape index (κ1) is 12.3. The molecule has 0 unspecified atom stereocenters. The fourth-order valence-electron chi connectivity index (χ4n) is 1.02. The van der Waals surface area contributed by atoms with E-state index in [4.69, 9.17) is 4.79 Å². The van der Waals surface area contributed by atoms with Crippen molar-refractivity contribution >= 4 is 26.5 Å². The van der Waals surface area contributed by atoms with E-state index in [1.807, 2.05) is 30.5 Å². The minimum Gasteiger partial charge on any atom is -0.284 e. The second-order valence-electron chi connectivity index (χ2n) is 2.88. The summed E-state index contributed by atoms with van der Waals surface area (Å²) in [4.78, 5) is 13.3. The molecule has 0 bridgehead atoms. The standard InChI is InChI=1S/C9H7N.CH3NO3S/c1-2-6-9-8(4-1)5-3-7-10-9;2-6(4,5)1-3/h1-7H;1H,(H2,2,4,5). The van der Waals surface area contributed by atoms with Crippen molar-refractivity contribution in [2.45, 2.75) is 0 Å². The lowest BCUT2D eigenvalue weighted by atomic mass is 10.2. The topological polar surface area (TPSA) is 90.1 Å². The molecule has 1 aromatic carbocycles. The summed E-state index contributed by atoms with van der Waals surface area (Å²) in [7, 11) is -3.84. The van der Waals surface area contributed by atoms with Gasteiger partial charge in [-0.15, -0.1) is 0 Å². The number of hydrogen-bond donors (Lipinski definition) is 1. The van der Waals surface area contributed by atoms with Crippen LogP contribution in [0.15, 0.2) is 42.6 Å². The van der Waals surface area contributed by atoms with Crippen LogP contribution in [0.25, 0.3) is 10.9 Å². The van der Waals surface area contributed by atoms with Crippen molar-refractivity contribution in [3.8, 4) is 0 Å². The van der Waals surface area contributed by atoms with Crippen LogP contribution in [0.2, 0.25) is 0 Å². The number of nitrogens with two attached hydrogens (primary N) is 1. The second-order valence-corrected chi connectivity index (χ2v) is 4.25. The molecule has 0 spiro atoms. The van der Waals surface area contributed by atoms with Crippen molar-refractivity contribution in [2.24, 2.45) is 5.14 Å². The Hall–Kier alpha value is -1.79. The van der Waals surface area contributed by atoms with Crippen molar-refractivity contribution in [1.29, 1.82) is 0 Å². The number of fused-ring (bicyclic) bond motifs is 1. The van der Waals surface area contributed by atoms with E-state index in [0.29, 0.717) is 0 Å². The van der Waals surface area contributed by atoms with Crippen LogP contribution in [0, 0.1) is 0 Å². The maximum atomic E-state index is 9.41. The molecule has 0 saturated heterocycles. The van der Waals surface area contributed by atoms with Crippen molar-refractivity contribution < 1.29 is 13.2 Å². The predicted octanol–water partition coefficient (Wildman–Crippen LogP) is 0.700. The largest absolute Gasteiger partial charge is 0.284 e. The fraction of sp³-hybridized carbons (Fsp3) is 0. The zero-order valence-electron chi connectivity index (χ0n) is 8.28. The summed E-state index contributed by atoms with van der Waals surface area (Å²) in [5.74, 6) is 0. The molecule has 2 aromatic rings. The average molecular weight is 238 g/mol. The molecule has 0 aliphatic carbocycles. The van der Waals surface area contributed by atoms with E-state index < -0.39 is 10.0 Å². The first-order valence-electron chi connectivity index (χ1n) is 4.30. The smallest absolute Gasteiger partial charge is 0.268 e. The van der Waals surface area contributed by atoms with E-state index in [1.165, 1.54) is 5.39 Å². The molecule has 0 radical (unpaired) electrons. The van der Waals surface area contributed by atoms with Gasteiger partial charge in [0.25, 0.3) is 10.0 Å². The van der Waals surface area contributed by atoms with Crippen LogP contribution in [0.1, 0.15) is 0 Å². The Morgan fingerprint density at radius 2 is 1.69 bits per heavy atom. The van der Waals surface area contributed by atoms with Crippen LogP contribution in [-0.4, -0.2) is 19.0 Å². The number of nitrogens with zero attached hydrogens (tertiary/aromatic N) is 1. The molecule has 6 heteroatoms. The van der Waals surface area contributed by atoms with E-state index in [1.54, 1.807) is 0 Å². The number of benzene rings is 1. The quantitative estimate of drug-likeness (QED) is 0.740. The minimum atomic E-state index is -3.84. The normalized spacial score (nSPS) is 10.3. The lowest BCUT2D eigenvalue weighted by Crippen LogP contribution is -2.11. The van der Waals surface area contributed by atoms with E-state index in [-0.39, 0.29) is 5.62 Å². The zero-order chi connectivity index (χ0) is 12.0. The Kier molecular flexibility index (Phi) is 4.10. The summed E-state index contributed by atoms with van der Waals surface area (Å²) < 4.78 is 18.8. The first-order chi connectivity index (χ1) is 7.53. The van der Waals surface area contributed by atoms with Gasteiger partial charge in [-0.05, 0) is 12.1 Å². The van der Waals surface area contributed by atoms with Crippen LogP contribution in [0.5, 0.6) is 0 Å². The molecular weight excluding hydrogens is 228 g/mol. The summed E-state index contributed by atoms with van der Waals surface area (Å²) >= 11 is 0. The van der Waals surface area contributed by atoms with Crippen LogP contribution >= 0.6 is 0 Å². The molecule has 5 nitrogen and oxygen atoms in total. The summed E-state index contributed by atoms with van der Waals surface area (Å²) in [6.07, 6.45) is 1.81. The van der Waals surface area contributed by atoms with Gasteiger partial charge >= 0.3 is 0 Å². The monoisotopic (exact) mass is 238 g/mol. The van der Waals surface area contributed by atoms with Crippen molar-refractivity contribution in [3.05, 3.63) is 42.6 Å². The minimum absolute atomic E-state index is 0.312. The Labute approximate surface area is 93.0 Å². The molecule has 0 aliphatic rings. The molecule has 0 saturated carbocycles. The summed E-state index contributed by atoms with van der Waals surface area (Å²) in [5.41, 5.74) is 0.748. The molecule has 2 rings (SSSR count). The third-order valence-electron chi connectivity index (χ3n) is 1.65. The van der Waals surface area contributed by atoms with Crippen molar-refractivity contribution in [2.75, 3.05) is 0 Å². The van der Waals surface area contributed by atoms with Gasteiger partial charge in [0, 0.05) is 11.6 Å². The van der Waals surface area contributed by atoms with Gasteiger partial charge in [-0.1, -0.05) is 24.3 Å². The highest BCUT2D eigenvalue weighted by molar-refractivity contribution is 8.02. The van der Waals surface area contributed by atoms with Crippen LogP contribution < -0.4 is 5.14 Å². The number of para-hydroxylation sites is 1. The third-order valence-corrected chi connectivity index (χ3v) is 1.91. The lowest BCUT2D eigenvalue weighted by Gasteiger charge is -1.91. The van der Waals surface area contributed by atoms with Gasteiger partial charge < -0.3 is 0 Å². The SMILES string of the molecule is NS(=O)(=O)C=O.c1ccc2ncccc2c1. The van der Waals surface area contributed by atoms with Crippen molar-refractivity contribution in [3.63, 3.8) is 0 Å². The number of hydrogen-bond acceptors (Lipinski definition) is 4. The molecule has 2 N–H and O–H groups in total. The molecular formula is C10H10N2O3S. The number of carbonyl (C=O) groups excluding carboxylic acids is 1. The second kappa shape index (κ2) is 5.34. The summed E-state index contributed by atoms with van der Waals surface area (Å²) in [6, 6.07) is 12.1. The maximum Gasteiger partial charge on any atom is 0.268 e. The molecule has 0 amide bonds. The van der Waals surface area contributed by atoms with Gasteiger partial charge in [0.05, 0.1) is 5.52 Å². The molecule has 1 heterocycles. The van der Waals surface area contributed by atoms with Gasteiger partial charge in [-0.3, -0.25) is 9.78 Å². The number of primary sulfonamides is 1. The molecule has 84 valence electrons. The molecule has 16 heavy (non-hydrogen) atoms. The predicted molar refractivity (Wildman–Crippen MR) is 61.6 cm³/mol. The number of sulfonamides is 1. The Bertz CT molecular complexity index is 504. The van der Waals surface area contributed by atoms with Gasteiger partial charge in [0.2, 0.25) is 5.62 Å². The number of carbonyl (C=O) groups is 1. The van der Waals surface area contributed by atoms with E-state index in [2.05, 4.69) is 22.3 Å². The van der Waals surface area contributed by atoms with Crippen LogP contribution in [-0.2, 0) is 14.8 Å². The van der Waals surface area contributed by atoms with Gasteiger partial charge in [-0.25, -0.2) is 13.6 Å². The average Bonchev–Trinajstić information content (AvgIpc) is 2.29. The van der Waals surface area contributed by atoms with Crippen LogP contribution in [0.4, 0.5) is 0 Å². The fourth-order valence-corrected chi connectivity index (χ4v) is 1.02. The Morgan fingerprint density at radius 3 is 2.25 bits per heavy atom. The first-order valence-corrected chi connectivity index (χ1v) is 5.91. The van der Waals surface area contributed by atoms with E-state index >= 15 is 0 Å². The highest BCUT2D eigenvalue weighted by Crippen LogP contribution is 2.07. The van der Waals surface area contributed by atoms with Gasteiger partial charge in [0.1, 0.15) is 0 Å². The lowest BCUT2D eigenvalue weighted by molar-refractivity contribution is 0.556. The molecule has 1 aromatic heterocycles. The summed E-state index contributed by atoms with van der Waals surface area (Å²) in [6.45, 7) is 0. The van der Waals surface area contributed by atoms with Gasteiger partial charge in [-0.2, -0.15) is 0 Å². The van der Waals surface area contributed by atoms with Crippen LogP contribution in [0.3, 0.4) is 0 Å². The number of pyridine rings is 1. The van der Waals surface area contributed by atoms with Crippen molar-refractivity contribution in [1.82, 2.24) is 4.98 Å². The third kappa shape index (κ3) is 4.16. The Morgan fingerprint density at radius 1 is 1.12 bits per heavy atom. The summed E-state index contributed by atoms with van der Waals surface area (Å²) in [5, 5.41) is 5.34. The molecule has 0 atom stereocenters. The molecule has 0 fully saturated rings. The van der Waals surface area contributed by atoms with Gasteiger partial charge in [0.15, 0.2) is 0 Å². The highest BCUT2D eigenvalue weighted by Gasteiger charge is 1.91. The number of rotatable bonds is 1. The molecule has 0 aliphatic heterocycles. The van der Waals surface area contributed by atoms with E-state index in [9.17, 15) is 8.42 Å². The number of aromatic nitrogens is 1. The Balaban J connectivity index is 0.000000187. The zero-order valence-corrected chi connectivity index (χ0v) is 9.09.